The SMILES string of the molecule is C[C@@H](C(=O)N(C)C1CCCCC1)[NH+]1CCN(S(=O)(=O)c2ccccc2Cl)CC1. The molecule has 1 aliphatic heterocycles. The first-order valence-electron chi connectivity index (χ1n) is 10.2. The number of amides is 1. The normalized spacial score (nSPS) is 21.4. The fraction of sp³-hybridized carbons (Fsp3) is 0.650. The number of likely N-dealkylation sites (N-methyl/N-ethyl adjacent to an activating group) is 1. The summed E-state index contributed by atoms with van der Waals surface area (Å²) >= 11 is 6.10. The van der Waals surface area contributed by atoms with Crippen LogP contribution in [0.2, 0.25) is 5.02 Å². The maximum Gasteiger partial charge on any atom is 0.280 e. The van der Waals surface area contributed by atoms with Crippen molar-refractivity contribution in [2.45, 2.75) is 56.0 Å². The van der Waals surface area contributed by atoms with Gasteiger partial charge in [0, 0.05) is 13.1 Å². The molecule has 1 saturated heterocycles. The lowest BCUT2D eigenvalue weighted by molar-refractivity contribution is -0.918. The molecule has 1 aromatic carbocycles. The third-order valence-electron chi connectivity index (χ3n) is 6.27. The van der Waals surface area contributed by atoms with Gasteiger partial charge in [0.2, 0.25) is 10.0 Å². The molecule has 2 aliphatic rings. The lowest BCUT2D eigenvalue weighted by Crippen LogP contribution is -3.19. The van der Waals surface area contributed by atoms with Crippen molar-refractivity contribution >= 4 is 27.5 Å². The molecule has 1 aromatic rings. The van der Waals surface area contributed by atoms with Gasteiger partial charge in [-0.2, -0.15) is 4.31 Å². The Bertz CT molecular complexity index is 788. The number of nitrogens with one attached hydrogen (secondary N) is 1. The molecule has 0 bridgehead atoms. The highest BCUT2D eigenvalue weighted by atomic mass is 35.5. The molecule has 156 valence electrons. The van der Waals surface area contributed by atoms with Crippen LogP contribution in [0.5, 0.6) is 0 Å². The first-order valence-corrected chi connectivity index (χ1v) is 12.0. The molecule has 8 heteroatoms. The zero-order chi connectivity index (χ0) is 20.3. The molecule has 28 heavy (non-hydrogen) atoms. The number of benzene rings is 1. The third kappa shape index (κ3) is 4.53. The van der Waals surface area contributed by atoms with Crippen molar-refractivity contribution in [1.29, 1.82) is 0 Å². The summed E-state index contributed by atoms with van der Waals surface area (Å²) in [5, 5.41) is 0.245. The number of hydrogen-bond acceptors (Lipinski definition) is 3. The summed E-state index contributed by atoms with van der Waals surface area (Å²) in [7, 11) is -1.68. The van der Waals surface area contributed by atoms with E-state index < -0.39 is 10.0 Å². The fourth-order valence-electron chi connectivity index (χ4n) is 4.37. The van der Waals surface area contributed by atoms with E-state index in [9.17, 15) is 13.2 Å². The molecule has 1 atom stereocenters. The molecule has 0 aromatic heterocycles. The average molecular weight is 429 g/mol. The summed E-state index contributed by atoms with van der Waals surface area (Å²) in [5.74, 6) is 0.171. The van der Waals surface area contributed by atoms with Crippen molar-refractivity contribution in [2.24, 2.45) is 0 Å². The number of halogens is 1. The van der Waals surface area contributed by atoms with Crippen LogP contribution in [0.25, 0.3) is 0 Å². The van der Waals surface area contributed by atoms with Crippen molar-refractivity contribution in [3.8, 4) is 0 Å². The summed E-state index contributed by atoms with van der Waals surface area (Å²) in [6.45, 7) is 4.00. The van der Waals surface area contributed by atoms with Crippen molar-refractivity contribution in [1.82, 2.24) is 9.21 Å². The Morgan fingerprint density at radius 3 is 2.39 bits per heavy atom. The molecule has 1 amide bonds. The summed E-state index contributed by atoms with van der Waals surface area (Å²) in [4.78, 5) is 16.2. The molecule has 0 spiro atoms. The number of carbonyl (C=O) groups excluding carboxylic acids is 1. The minimum absolute atomic E-state index is 0.154. The van der Waals surface area contributed by atoms with E-state index in [0.717, 1.165) is 17.7 Å². The number of nitrogens with zero attached hydrogens (tertiary/aromatic N) is 2. The zero-order valence-electron chi connectivity index (χ0n) is 16.7. The van der Waals surface area contributed by atoms with Crippen LogP contribution in [0, 0.1) is 0 Å². The van der Waals surface area contributed by atoms with Gasteiger partial charge in [0.05, 0.1) is 31.2 Å². The molecule has 1 aliphatic carbocycles. The van der Waals surface area contributed by atoms with E-state index in [-0.39, 0.29) is 21.9 Å². The van der Waals surface area contributed by atoms with E-state index >= 15 is 0 Å². The first-order chi connectivity index (χ1) is 13.3. The lowest BCUT2D eigenvalue weighted by Gasteiger charge is -2.37. The van der Waals surface area contributed by atoms with Gasteiger partial charge >= 0.3 is 0 Å². The van der Waals surface area contributed by atoms with E-state index in [0.29, 0.717) is 32.2 Å². The molecule has 3 rings (SSSR count). The number of piperazine rings is 1. The predicted octanol–water partition coefficient (Wildman–Crippen LogP) is 1.41. The summed E-state index contributed by atoms with van der Waals surface area (Å²) in [6, 6.07) is 6.74. The molecule has 1 saturated carbocycles. The van der Waals surface area contributed by atoms with Crippen LogP contribution in [0.15, 0.2) is 29.2 Å². The van der Waals surface area contributed by atoms with E-state index in [1.807, 2.05) is 18.9 Å². The Balaban J connectivity index is 1.60. The highest BCUT2D eigenvalue weighted by molar-refractivity contribution is 7.89. The van der Waals surface area contributed by atoms with Crippen LogP contribution >= 0.6 is 11.6 Å². The van der Waals surface area contributed by atoms with E-state index in [1.165, 1.54) is 23.6 Å². The zero-order valence-corrected chi connectivity index (χ0v) is 18.3. The number of carbonyl (C=O) groups is 1. The maximum absolute atomic E-state index is 12.9. The third-order valence-corrected chi connectivity index (χ3v) is 8.67. The van der Waals surface area contributed by atoms with E-state index in [1.54, 1.807) is 24.3 Å². The summed E-state index contributed by atoms with van der Waals surface area (Å²) in [5.41, 5.74) is 0. The van der Waals surface area contributed by atoms with Crippen LogP contribution in [-0.2, 0) is 14.8 Å². The van der Waals surface area contributed by atoms with Gasteiger partial charge in [-0.05, 0) is 31.9 Å². The fourth-order valence-corrected chi connectivity index (χ4v) is 6.30. The standard InChI is InChI=1S/C20H30ClN3O3S/c1-16(20(25)22(2)17-8-4-3-5-9-17)23-12-14-24(15-13-23)28(26,27)19-11-7-6-10-18(19)21/h6-7,10-11,16-17H,3-5,8-9,12-15H2,1-2H3/p+1/t16-/m0/s1. The Labute approximate surface area is 173 Å². The number of hydrogen-bond donors (Lipinski definition) is 1. The van der Waals surface area contributed by atoms with Gasteiger partial charge in [0.15, 0.2) is 6.04 Å². The Morgan fingerprint density at radius 1 is 1.18 bits per heavy atom. The van der Waals surface area contributed by atoms with Crippen molar-refractivity contribution in [2.75, 3.05) is 33.2 Å². The van der Waals surface area contributed by atoms with Gasteiger partial charge in [-0.15, -0.1) is 0 Å². The number of quaternary nitrogens is 1. The highest BCUT2D eigenvalue weighted by Crippen LogP contribution is 2.24. The molecule has 0 radical (unpaired) electrons. The second-order valence-electron chi connectivity index (χ2n) is 7.96. The molecule has 6 nitrogen and oxygen atoms in total. The number of sulfonamides is 1. The molecule has 1 heterocycles. The van der Waals surface area contributed by atoms with Gasteiger partial charge in [0.1, 0.15) is 4.90 Å². The van der Waals surface area contributed by atoms with Crippen molar-refractivity contribution in [3.63, 3.8) is 0 Å². The monoisotopic (exact) mass is 428 g/mol. The van der Waals surface area contributed by atoms with Crippen LogP contribution in [0.4, 0.5) is 0 Å². The van der Waals surface area contributed by atoms with Gasteiger partial charge < -0.3 is 9.80 Å². The first kappa shape index (κ1) is 21.6. The summed E-state index contributed by atoms with van der Waals surface area (Å²) < 4.78 is 27.3. The average Bonchev–Trinajstić information content (AvgIpc) is 2.73. The van der Waals surface area contributed by atoms with Crippen molar-refractivity contribution < 1.29 is 18.1 Å². The van der Waals surface area contributed by atoms with Crippen LogP contribution < -0.4 is 4.90 Å². The van der Waals surface area contributed by atoms with Crippen LogP contribution in [-0.4, -0.2) is 68.8 Å². The minimum Gasteiger partial charge on any atom is -0.338 e. The highest BCUT2D eigenvalue weighted by Gasteiger charge is 2.37. The van der Waals surface area contributed by atoms with E-state index in [2.05, 4.69) is 0 Å². The maximum atomic E-state index is 12.9. The predicted molar refractivity (Wildman–Crippen MR) is 110 cm³/mol. The van der Waals surface area contributed by atoms with E-state index in [4.69, 9.17) is 11.6 Å². The largest absolute Gasteiger partial charge is 0.338 e. The Morgan fingerprint density at radius 2 is 1.79 bits per heavy atom. The molecular weight excluding hydrogens is 398 g/mol. The Kier molecular flexibility index (Phi) is 7.02. The van der Waals surface area contributed by atoms with Gasteiger partial charge in [0.25, 0.3) is 5.91 Å². The smallest absolute Gasteiger partial charge is 0.280 e. The van der Waals surface area contributed by atoms with Crippen LogP contribution in [0.3, 0.4) is 0 Å². The molecule has 0 unspecified atom stereocenters. The lowest BCUT2D eigenvalue weighted by atomic mass is 9.94. The molecular formula is C20H31ClN3O3S+. The molecule has 2 fully saturated rings. The summed E-state index contributed by atoms with van der Waals surface area (Å²) in [6.07, 6.45) is 5.84. The quantitative estimate of drug-likeness (QED) is 0.771. The van der Waals surface area contributed by atoms with Gasteiger partial charge in [-0.3, -0.25) is 4.79 Å². The number of rotatable bonds is 5. The topological polar surface area (TPSA) is 62.1 Å². The van der Waals surface area contributed by atoms with Gasteiger partial charge in [-0.25, -0.2) is 8.42 Å². The molecule has 1 N–H and O–H groups in total. The van der Waals surface area contributed by atoms with Crippen molar-refractivity contribution in [3.05, 3.63) is 29.3 Å². The second-order valence-corrected chi connectivity index (χ2v) is 10.3. The minimum atomic E-state index is -3.60. The second kappa shape index (κ2) is 9.11. The van der Waals surface area contributed by atoms with Crippen LogP contribution in [0.1, 0.15) is 39.0 Å². The Hall–Kier alpha value is -1.15. The van der Waals surface area contributed by atoms with Gasteiger partial charge in [-0.1, -0.05) is 43.0 Å².